The number of hydrogen-bond acceptors (Lipinski definition) is 5. The van der Waals surface area contributed by atoms with Crippen LogP contribution in [-0.4, -0.2) is 73.4 Å². The fourth-order valence-electron chi connectivity index (χ4n) is 5.69. The number of amides is 1. The van der Waals surface area contributed by atoms with E-state index in [0.29, 0.717) is 23.9 Å². The Bertz CT molecular complexity index is 733. The Morgan fingerprint density at radius 2 is 1.04 bits per heavy atom. The highest BCUT2D eigenvalue weighted by molar-refractivity contribution is 7.47. The lowest BCUT2D eigenvalue weighted by molar-refractivity contribution is -0.870. The maximum Gasteiger partial charge on any atom is 0.472 e. The van der Waals surface area contributed by atoms with Gasteiger partial charge in [0, 0.05) is 6.42 Å². The van der Waals surface area contributed by atoms with Crippen LogP contribution in [0.25, 0.3) is 0 Å². The Labute approximate surface area is 285 Å². The molecule has 0 radical (unpaired) electrons. The first-order valence-corrected chi connectivity index (χ1v) is 20.9. The number of aliphatic hydroxyl groups is 1. The molecule has 0 bridgehead atoms. The number of quaternary nitrogens is 1. The molecule has 0 spiro atoms. The van der Waals surface area contributed by atoms with Crippen molar-refractivity contribution >= 4 is 13.7 Å². The minimum Gasteiger partial charge on any atom is -0.391 e. The van der Waals surface area contributed by atoms with Gasteiger partial charge in [0.1, 0.15) is 13.2 Å². The first-order chi connectivity index (χ1) is 22.0. The fraction of sp³-hybridized carbons (Fsp3) is 0.973. The normalized spacial score (nSPS) is 14.7. The second-order valence-corrected chi connectivity index (χ2v) is 16.1. The van der Waals surface area contributed by atoms with Crippen molar-refractivity contribution in [1.29, 1.82) is 0 Å². The zero-order valence-electron chi connectivity index (χ0n) is 31.1. The van der Waals surface area contributed by atoms with E-state index in [9.17, 15) is 19.4 Å². The van der Waals surface area contributed by atoms with Crippen LogP contribution in [0.1, 0.15) is 181 Å². The molecule has 0 rings (SSSR count). The summed E-state index contributed by atoms with van der Waals surface area (Å²) in [5, 5.41) is 13.6. The highest BCUT2D eigenvalue weighted by Crippen LogP contribution is 2.43. The highest BCUT2D eigenvalue weighted by Gasteiger charge is 2.28. The van der Waals surface area contributed by atoms with Crippen LogP contribution in [0.15, 0.2) is 0 Å². The summed E-state index contributed by atoms with van der Waals surface area (Å²) in [5.41, 5.74) is 0. The molecule has 0 aliphatic rings. The van der Waals surface area contributed by atoms with Crippen molar-refractivity contribution in [2.24, 2.45) is 0 Å². The summed E-state index contributed by atoms with van der Waals surface area (Å²) in [4.78, 5) is 22.8. The van der Waals surface area contributed by atoms with Gasteiger partial charge in [0.05, 0.1) is 39.9 Å². The molecule has 0 fully saturated rings. The van der Waals surface area contributed by atoms with Gasteiger partial charge in [-0.3, -0.25) is 13.8 Å². The summed E-state index contributed by atoms with van der Waals surface area (Å²) in [6, 6.07) is -0.748. The lowest BCUT2D eigenvalue weighted by Crippen LogP contribution is -2.46. The zero-order chi connectivity index (χ0) is 34.4. The van der Waals surface area contributed by atoms with E-state index >= 15 is 0 Å². The molecular formula is C37H78N2O6P+. The molecule has 0 saturated carbocycles. The molecule has 46 heavy (non-hydrogen) atoms. The van der Waals surface area contributed by atoms with Gasteiger partial charge < -0.3 is 19.8 Å². The molecule has 9 heteroatoms. The third kappa shape index (κ3) is 32.1. The Kier molecular flexibility index (Phi) is 30.2. The van der Waals surface area contributed by atoms with Gasteiger partial charge in [-0.1, -0.05) is 162 Å². The number of nitrogens with one attached hydrogen (secondary N) is 1. The number of hydrogen-bond donors (Lipinski definition) is 3. The molecule has 3 atom stereocenters. The molecule has 0 aliphatic heterocycles. The van der Waals surface area contributed by atoms with E-state index in [4.69, 9.17) is 9.05 Å². The number of carbonyl (C=O) groups excluding carboxylic acids is 1. The minimum absolute atomic E-state index is 0.0767. The average Bonchev–Trinajstić information content (AvgIpc) is 2.99. The van der Waals surface area contributed by atoms with Crippen LogP contribution in [0.3, 0.4) is 0 Å². The molecule has 276 valence electrons. The van der Waals surface area contributed by atoms with Crippen LogP contribution in [0, 0.1) is 0 Å². The van der Waals surface area contributed by atoms with Crippen molar-refractivity contribution in [3.63, 3.8) is 0 Å². The van der Waals surface area contributed by atoms with Crippen LogP contribution in [0.4, 0.5) is 0 Å². The Morgan fingerprint density at radius 1 is 0.652 bits per heavy atom. The van der Waals surface area contributed by atoms with Crippen LogP contribution in [-0.2, 0) is 18.4 Å². The molecule has 3 N–H and O–H groups in total. The van der Waals surface area contributed by atoms with E-state index in [1.54, 1.807) is 0 Å². The Morgan fingerprint density at radius 3 is 1.46 bits per heavy atom. The smallest absolute Gasteiger partial charge is 0.391 e. The van der Waals surface area contributed by atoms with E-state index in [0.717, 1.165) is 44.9 Å². The number of likely N-dealkylation sites (N-methyl/N-ethyl adjacent to an activating group) is 1. The van der Waals surface area contributed by atoms with Crippen molar-refractivity contribution in [1.82, 2.24) is 5.32 Å². The number of phosphoric acid groups is 1. The van der Waals surface area contributed by atoms with Crippen molar-refractivity contribution in [3.05, 3.63) is 0 Å². The number of aliphatic hydroxyl groups excluding tert-OH is 1. The van der Waals surface area contributed by atoms with Crippen LogP contribution in [0.2, 0.25) is 0 Å². The quantitative estimate of drug-likeness (QED) is 0.0350. The standard InChI is InChI=1S/C37H77N2O6P/c1-6-8-10-12-13-14-15-16-17-18-19-20-21-22-23-24-25-26-27-29-31-37(41)38-35(36(40)30-28-11-9-7-2)34-45-46(42,43)44-33-32-39(3,4)5/h35-36,40H,6-34H2,1-5H3,(H-,38,41,42,43)/p+1. The molecule has 0 aromatic rings. The molecule has 8 nitrogen and oxygen atoms in total. The molecule has 3 unspecified atom stereocenters. The molecule has 0 aromatic heterocycles. The van der Waals surface area contributed by atoms with Gasteiger partial charge in [-0.05, 0) is 12.8 Å². The number of rotatable bonds is 35. The maximum absolute atomic E-state index is 12.7. The summed E-state index contributed by atoms with van der Waals surface area (Å²) in [6.45, 7) is 4.77. The highest BCUT2D eigenvalue weighted by atomic mass is 31.2. The average molecular weight is 678 g/mol. The topological polar surface area (TPSA) is 105 Å². The second kappa shape index (κ2) is 30.6. The van der Waals surface area contributed by atoms with E-state index in [-0.39, 0.29) is 19.1 Å². The summed E-state index contributed by atoms with van der Waals surface area (Å²) in [7, 11) is 1.62. The van der Waals surface area contributed by atoms with E-state index in [1.165, 1.54) is 109 Å². The van der Waals surface area contributed by atoms with Crippen LogP contribution in [0.5, 0.6) is 0 Å². The van der Waals surface area contributed by atoms with Crippen LogP contribution >= 0.6 is 7.82 Å². The van der Waals surface area contributed by atoms with Crippen molar-refractivity contribution in [2.45, 2.75) is 193 Å². The summed E-state index contributed by atoms with van der Waals surface area (Å²) < 4.78 is 23.3. The third-order valence-electron chi connectivity index (χ3n) is 8.86. The minimum atomic E-state index is -4.28. The summed E-state index contributed by atoms with van der Waals surface area (Å²) >= 11 is 0. The monoisotopic (exact) mass is 678 g/mol. The zero-order valence-corrected chi connectivity index (χ0v) is 32.0. The predicted octanol–water partition coefficient (Wildman–Crippen LogP) is 9.85. The fourth-order valence-corrected chi connectivity index (χ4v) is 6.43. The first kappa shape index (κ1) is 45.5. The van der Waals surface area contributed by atoms with Crippen molar-refractivity contribution in [2.75, 3.05) is 40.9 Å². The Balaban J connectivity index is 4.03. The van der Waals surface area contributed by atoms with Gasteiger partial charge in [0.2, 0.25) is 5.91 Å². The van der Waals surface area contributed by atoms with Gasteiger partial charge in [-0.25, -0.2) is 4.57 Å². The van der Waals surface area contributed by atoms with E-state index in [1.807, 2.05) is 21.1 Å². The number of nitrogens with zero attached hydrogens (tertiary/aromatic N) is 1. The SMILES string of the molecule is CCCCCCCCCCCCCCCCCCCCCCC(=O)NC(COP(=O)(O)OCC[N+](C)(C)C)C(O)CCCCCC. The van der Waals surface area contributed by atoms with Gasteiger partial charge in [-0.15, -0.1) is 0 Å². The molecule has 0 heterocycles. The lowest BCUT2D eigenvalue weighted by atomic mass is 10.0. The maximum atomic E-state index is 12.7. The van der Waals surface area contributed by atoms with Gasteiger partial charge >= 0.3 is 7.82 Å². The molecule has 0 saturated heterocycles. The summed E-state index contributed by atoms with van der Waals surface area (Å²) in [5.74, 6) is -0.151. The van der Waals surface area contributed by atoms with Crippen molar-refractivity contribution in [3.8, 4) is 0 Å². The number of phosphoric ester groups is 1. The summed E-state index contributed by atoms with van der Waals surface area (Å²) in [6.07, 6.45) is 30.4. The number of unbranched alkanes of at least 4 members (excludes halogenated alkanes) is 22. The lowest BCUT2D eigenvalue weighted by Gasteiger charge is -2.26. The molecule has 0 aliphatic carbocycles. The van der Waals surface area contributed by atoms with Gasteiger partial charge in [0.15, 0.2) is 0 Å². The van der Waals surface area contributed by atoms with Crippen LogP contribution < -0.4 is 5.32 Å². The second-order valence-electron chi connectivity index (χ2n) is 14.7. The molecular weight excluding hydrogens is 599 g/mol. The van der Waals surface area contributed by atoms with E-state index < -0.39 is 20.0 Å². The van der Waals surface area contributed by atoms with Gasteiger partial charge in [0.25, 0.3) is 0 Å². The first-order valence-electron chi connectivity index (χ1n) is 19.4. The predicted molar refractivity (Wildman–Crippen MR) is 194 cm³/mol. The molecule has 0 aromatic carbocycles. The Hall–Kier alpha value is -0.500. The van der Waals surface area contributed by atoms with E-state index in [2.05, 4.69) is 19.2 Å². The number of carbonyl (C=O) groups is 1. The molecule has 1 amide bonds. The van der Waals surface area contributed by atoms with Crippen molar-refractivity contribution < 1.29 is 32.9 Å². The third-order valence-corrected chi connectivity index (χ3v) is 9.84. The van der Waals surface area contributed by atoms with Gasteiger partial charge in [-0.2, -0.15) is 0 Å². The largest absolute Gasteiger partial charge is 0.472 e.